The second-order valence-electron chi connectivity index (χ2n) is 6.30. The second kappa shape index (κ2) is 7.41. The zero-order valence-electron chi connectivity index (χ0n) is 12.8. The summed E-state index contributed by atoms with van der Waals surface area (Å²) in [4.78, 5) is 13.3. The van der Waals surface area contributed by atoms with E-state index in [0.717, 1.165) is 30.5 Å². The number of aryl methyl sites for hydroxylation is 1. The third-order valence-electron chi connectivity index (χ3n) is 4.49. The Balaban J connectivity index is 1.94. The topological polar surface area (TPSA) is 40.5 Å². The molecule has 0 amide bonds. The molecule has 4 heteroatoms. The van der Waals surface area contributed by atoms with Crippen LogP contribution in [0.3, 0.4) is 0 Å². The van der Waals surface area contributed by atoms with Crippen LogP contribution < -0.4 is 0 Å². The van der Waals surface area contributed by atoms with Gasteiger partial charge in [0, 0.05) is 24.0 Å². The average molecular weight is 354 g/mol. The molecule has 1 heterocycles. The van der Waals surface area contributed by atoms with Crippen molar-refractivity contribution in [3.8, 4) is 0 Å². The molecule has 1 aromatic rings. The lowest BCUT2D eigenvalue weighted by atomic mass is 9.84. The average Bonchev–Trinajstić information content (AvgIpc) is 2.42. The molecule has 0 saturated carbocycles. The molecule has 1 aliphatic heterocycles. The van der Waals surface area contributed by atoms with Crippen LogP contribution in [0.2, 0.25) is 0 Å². The Bertz CT molecular complexity index is 504. The number of rotatable bonds is 5. The molecule has 3 nitrogen and oxygen atoms in total. The van der Waals surface area contributed by atoms with Gasteiger partial charge >= 0.3 is 5.97 Å². The number of nitrogens with zero attached hydrogens (tertiary/aromatic N) is 1. The number of carboxylic acids is 1. The maximum absolute atomic E-state index is 10.9. The number of piperidine rings is 1. The Morgan fingerprint density at radius 1 is 1.52 bits per heavy atom. The smallest absolute Gasteiger partial charge is 0.303 e. The third-order valence-corrected chi connectivity index (χ3v) is 5.34. The van der Waals surface area contributed by atoms with Gasteiger partial charge in [-0.25, -0.2) is 0 Å². The second-order valence-corrected chi connectivity index (χ2v) is 7.15. The maximum Gasteiger partial charge on any atom is 0.303 e. The zero-order chi connectivity index (χ0) is 15.4. The zero-order valence-corrected chi connectivity index (χ0v) is 14.4. The van der Waals surface area contributed by atoms with Crippen molar-refractivity contribution in [1.29, 1.82) is 0 Å². The highest BCUT2D eigenvalue weighted by atomic mass is 79.9. The first-order valence-corrected chi connectivity index (χ1v) is 8.44. The summed E-state index contributed by atoms with van der Waals surface area (Å²) >= 11 is 3.59. The van der Waals surface area contributed by atoms with Crippen LogP contribution in [0, 0.1) is 18.8 Å². The van der Waals surface area contributed by atoms with Crippen LogP contribution in [0.5, 0.6) is 0 Å². The minimum absolute atomic E-state index is 0.259. The number of aliphatic carboxylic acids is 1. The van der Waals surface area contributed by atoms with Gasteiger partial charge < -0.3 is 5.11 Å². The van der Waals surface area contributed by atoms with Crippen molar-refractivity contribution in [2.75, 3.05) is 13.1 Å². The van der Waals surface area contributed by atoms with Crippen molar-refractivity contribution in [2.24, 2.45) is 11.8 Å². The molecule has 2 rings (SSSR count). The lowest BCUT2D eigenvalue weighted by Crippen LogP contribution is -2.37. The van der Waals surface area contributed by atoms with E-state index in [1.807, 2.05) is 0 Å². The maximum atomic E-state index is 10.9. The number of hydrogen-bond acceptors (Lipinski definition) is 2. The van der Waals surface area contributed by atoms with E-state index in [0.29, 0.717) is 5.92 Å². The minimum atomic E-state index is -0.679. The predicted molar refractivity (Wildman–Crippen MR) is 88.3 cm³/mol. The summed E-state index contributed by atoms with van der Waals surface area (Å²) in [6.45, 7) is 7.25. The number of carbonyl (C=O) groups is 1. The Hall–Kier alpha value is -0.870. The van der Waals surface area contributed by atoms with Gasteiger partial charge in [-0.1, -0.05) is 35.0 Å². The molecular formula is C17H24BrNO2. The van der Waals surface area contributed by atoms with Crippen LogP contribution in [0.4, 0.5) is 0 Å². The van der Waals surface area contributed by atoms with Crippen LogP contribution in [0.1, 0.15) is 37.3 Å². The third kappa shape index (κ3) is 4.82. The molecule has 1 saturated heterocycles. The van der Waals surface area contributed by atoms with E-state index < -0.39 is 5.97 Å². The summed E-state index contributed by atoms with van der Waals surface area (Å²) in [5, 5.41) is 8.95. The van der Waals surface area contributed by atoms with Crippen molar-refractivity contribution in [1.82, 2.24) is 4.90 Å². The monoisotopic (exact) mass is 353 g/mol. The molecule has 21 heavy (non-hydrogen) atoms. The lowest BCUT2D eigenvalue weighted by molar-refractivity contribution is -0.138. The van der Waals surface area contributed by atoms with Gasteiger partial charge in [0.15, 0.2) is 0 Å². The van der Waals surface area contributed by atoms with Gasteiger partial charge in [0.2, 0.25) is 0 Å². The molecule has 0 bridgehead atoms. The van der Waals surface area contributed by atoms with E-state index in [4.69, 9.17) is 5.11 Å². The number of hydrogen-bond donors (Lipinski definition) is 1. The first kappa shape index (κ1) is 16.5. The van der Waals surface area contributed by atoms with E-state index >= 15 is 0 Å². The molecule has 0 radical (unpaired) electrons. The van der Waals surface area contributed by atoms with Gasteiger partial charge in [-0.05, 0) is 55.3 Å². The molecule has 2 atom stereocenters. The van der Waals surface area contributed by atoms with E-state index in [-0.39, 0.29) is 12.3 Å². The van der Waals surface area contributed by atoms with Gasteiger partial charge in [0.05, 0.1) is 0 Å². The molecule has 0 aromatic heterocycles. The summed E-state index contributed by atoms with van der Waals surface area (Å²) < 4.78 is 1.16. The Labute approximate surface area is 135 Å². The number of likely N-dealkylation sites (tertiary alicyclic amines) is 1. The van der Waals surface area contributed by atoms with Crippen LogP contribution in [-0.4, -0.2) is 29.1 Å². The normalized spacial score (nSPS) is 21.2. The van der Waals surface area contributed by atoms with E-state index in [2.05, 4.69) is 52.9 Å². The number of benzene rings is 1. The highest BCUT2D eigenvalue weighted by molar-refractivity contribution is 9.10. The standard InChI is InChI=1S/C17H24BrNO2/c1-12-5-6-14(9-16(12)18)10-19-7-3-4-15(11-19)13(2)8-17(20)21/h5-6,9,13,15H,3-4,7-8,10-11H2,1-2H3,(H,20,21). The fourth-order valence-corrected chi connectivity index (χ4v) is 3.56. The van der Waals surface area contributed by atoms with Crippen molar-refractivity contribution in [3.05, 3.63) is 33.8 Å². The molecule has 1 aliphatic rings. The van der Waals surface area contributed by atoms with Crippen molar-refractivity contribution < 1.29 is 9.90 Å². The molecule has 1 N–H and O–H groups in total. The highest BCUT2D eigenvalue weighted by Gasteiger charge is 2.25. The van der Waals surface area contributed by atoms with Crippen molar-refractivity contribution >= 4 is 21.9 Å². The molecule has 116 valence electrons. The summed E-state index contributed by atoms with van der Waals surface area (Å²) in [7, 11) is 0. The fraction of sp³-hybridized carbons (Fsp3) is 0.588. The summed E-state index contributed by atoms with van der Waals surface area (Å²) in [5.74, 6) is 0.0841. The molecular weight excluding hydrogens is 330 g/mol. The summed E-state index contributed by atoms with van der Waals surface area (Å²) in [6.07, 6.45) is 2.61. The van der Waals surface area contributed by atoms with Crippen molar-refractivity contribution in [3.63, 3.8) is 0 Å². The number of halogens is 1. The van der Waals surface area contributed by atoms with Crippen molar-refractivity contribution in [2.45, 2.75) is 39.7 Å². The predicted octanol–water partition coefficient (Wildman–Crippen LogP) is 4.08. The van der Waals surface area contributed by atoms with Gasteiger partial charge in [-0.15, -0.1) is 0 Å². The fourth-order valence-electron chi connectivity index (χ4n) is 3.13. The summed E-state index contributed by atoms with van der Waals surface area (Å²) in [6, 6.07) is 6.53. The lowest BCUT2D eigenvalue weighted by Gasteiger charge is -2.35. The first-order chi connectivity index (χ1) is 9.95. The first-order valence-electron chi connectivity index (χ1n) is 7.65. The highest BCUT2D eigenvalue weighted by Crippen LogP contribution is 2.27. The number of carboxylic acid groups (broad SMARTS) is 1. The SMILES string of the molecule is Cc1ccc(CN2CCCC(C(C)CC(=O)O)C2)cc1Br. The Morgan fingerprint density at radius 2 is 2.29 bits per heavy atom. The van der Waals surface area contributed by atoms with E-state index in [1.165, 1.54) is 17.5 Å². The minimum Gasteiger partial charge on any atom is -0.481 e. The Morgan fingerprint density at radius 3 is 2.95 bits per heavy atom. The van der Waals surface area contributed by atoms with Gasteiger partial charge in [0.1, 0.15) is 0 Å². The van der Waals surface area contributed by atoms with Crippen LogP contribution in [0.15, 0.2) is 22.7 Å². The summed E-state index contributed by atoms with van der Waals surface area (Å²) in [5.41, 5.74) is 2.57. The van der Waals surface area contributed by atoms with Crippen LogP contribution in [0.25, 0.3) is 0 Å². The van der Waals surface area contributed by atoms with Crippen LogP contribution in [-0.2, 0) is 11.3 Å². The molecule has 1 aromatic carbocycles. The molecule has 1 fully saturated rings. The molecule has 0 aliphatic carbocycles. The van der Waals surface area contributed by atoms with E-state index in [9.17, 15) is 4.79 Å². The van der Waals surface area contributed by atoms with Gasteiger partial charge in [0.25, 0.3) is 0 Å². The largest absolute Gasteiger partial charge is 0.481 e. The van der Waals surface area contributed by atoms with E-state index in [1.54, 1.807) is 0 Å². The quantitative estimate of drug-likeness (QED) is 0.866. The molecule has 0 spiro atoms. The van der Waals surface area contributed by atoms with Gasteiger partial charge in [-0.3, -0.25) is 9.69 Å². The van der Waals surface area contributed by atoms with Crippen LogP contribution >= 0.6 is 15.9 Å². The van der Waals surface area contributed by atoms with Gasteiger partial charge in [-0.2, -0.15) is 0 Å². The Kier molecular flexibility index (Phi) is 5.82. The molecule has 2 unspecified atom stereocenters.